The Morgan fingerprint density at radius 2 is 2.56 bits per heavy atom. The Morgan fingerprint density at radius 1 is 1.89 bits per heavy atom. The van der Waals surface area contributed by atoms with E-state index < -0.39 is 6.03 Å². The topological polar surface area (TPSA) is 67.5 Å². The third-order valence-electron chi connectivity index (χ3n) is 1.04. The monoisotopic (exact) mass is 147 g/mol. The lowest BCUT2D eigenvalue weighted by molar-refractivity contribution is 0.251. The maximum absolute atomic E-state index is 10.4. The zero-order valence-corrected chi connectivity index (χ0v) is 5.35. The normalized spacial score (nSPS) is 25.7. The maximum atomic E-state index is 10.4. The number of nitrogens with zero attached hydrogens (tertiary/aromatic N) is 1. The summed E-state index contributed by atoms with van der Waals surface area (Å²) in [5, 5.41) is 2.45. The van der Waals surface area contributed by atoms with Crippen molar-refractivity contribution in [2.24, 2.45) is 10.7 Å². The van der Waals surface area contributed by atoms with Crippen molar-refractivity contribution in [3.63, 3.8) is 0 Å². The number of aliphatic imine (C=N–C) groups is 1. The smallest absolute Gasteiger partial charge is 0.343 e. The first-order valence-corrected chi connectivity index (χ1v) is 2.98. The van der Waals surface area contributed by atoms with Crippen LogP contribution in [0.1, 0.15) is 0 Å². The van der Waals surface area contributed by atoms with Crippen molar-refractivity contribution < 1.29 is 4.79 Å². The van der Waals surface area contributed by atoms with E-state index in [1.54, 1.807) is 0 Å². The minimum atomic E-state index is -0.404. The van der Waals surface area contributed by atoms with Crippen molar-refractivity contribution >= 4 is 23.5 Å². The van der Waals surface area contributed by atoms with E-state index in [2.05, 4.69) is 10.3 Å². The number of hydrogen-bond donors (Lipinski definition) is 2. The lowest BCUT2D eigenvalue weighted by atomic mass is 10.3. The molecule has 1 unspecified atom stereocenters. The molecule has 0 spiro atoms. The number of nitrogens with two attached hydrogens (primary N) is 1. The minimum Gasteiger partial charge on any atom is -0.385 e. The second-order valence-electron chi connectivity index (χ2n) is 1.69. The molecule has 1 atom stereocenters. The van der Waals surface area contributed by atoms with Crippen molar-refractivity contribution in [2.75, 3.05) is 5.88 Å². The molecule has 0 aromatic rings. The van der Waals surface area contributed by atoms with Crippen LogP contribution in [0.5, 0.6) is 0 Å². The molecule has 0 aromatic heterocycles. The molecular weight excluding hydrogens is 142 g/mol. The average molecular weight is 148 g/mol. The number of hydrogen-bond acceptors (Lipinski definition) is 2. The lowest BCUT2D eigenvalue weighted by Crippen LogP contribution is -2.37. The van der Waals surface area contributed by atoms with E-state index in [9.17, 15) is 4.79 Å². The van der Waals surface area contributed by atoms with Gasteiger partial charge in [-0.25, -0.2) is 4.79 Å². The summed E-state index contributed by atoms with van der Waals surface area (Å²) in [4.78, 5) is 13.8. The molecular formula is C4H6ClN3O. The first-order valence-electron chi connectivity index (χ1n) is 2.44. The van der Waals surface area contributed by atoms with Crippen molar-refractivity contribution in [1.82, 2.24) is 5.32 Å². The molecule has 4 nitrogen and oxygen atoms in total. The predicted molar refractivity (Wildman–Crippen MR) is 34.7 cm³/mol. The SMILES string of the molecule is NC1=NC(=O)NC1CCl. The predicted octanol–water partition coefficient (Wildman–Crippen LogP) is -0.326. The fourth-order valence-corrected chi connectivity index (χ4v) is 0.803. The number of amides is 2. The number of amidine groups is 1. The fraction of sp³-hybridized carbons (Fsp3) is 0.500. The lowest BCUT2D eigenvalue weighted by Gasteiger charge is -2.02. The molecule has 0 aromatic carbocycles. The molecule has 9 heavy (non-hydrogen) atoms. The number of urea groups is 1. The minimum absolute atomic E-state index is 0.265. The van der Waals surface area contributed by atoms with Crippen molar-refractivity contribution in [1.29, 1.82) is 0 Å². The quantitative estimate of drug-likeness (QED) is 0.499. The van der Waals surface area contributed by atoms with Crippen LogP contribution < -0.4 is 11.1 Å². The molecule has 0 saturated heterocycles. The average Bonchev–Trinajstić information content (AvgIpc) is 2.10. The third kappa shape index (κ3) is 1.13. The molecule has 1 aliphatic heterocycles. The molecule has 0 aliphatic carbocycles. The number of halogens is 1. The fourth-order valence-electron chi connectivity index (χ4n) is 0.568. The van der Waals surface area contributed by atoms with E-state index in [1.807, 2.05) is 0 Å². The van der Waals surface area contributed by atoms with Crippen LogP contribution in [-0.2, 0) is 0 Å². The number of rotatable bonds is 1. The van der Waals surface area contributed by atoms with Gasteiger partial charge in [0.05, 0.1) is 0 Å². The van der Waals surface area contributed by atoms with Crippen LogP contribution >= 0.6 is 11.6 Å². The van der Waals surface area contributed by atoms with Crippen LogP contribution in [0.2, 0.25) is 0 Å². The molecule has 5 heteroatoms. The van der Waals surface area contributed by atoms with Gasteiger partial charge in [0.15, 0.2) is 0 Å². The Morgan fingerprint density at radius 3 is 2.78 bits per heavy atom. The first kappa shape index (κ1) is 6.35. The van der Waals surface area contributed by atoms with Crippen LogP contribution in [-0.4, -0.2) is 23.8 Å². The molecule has 1 aliphatic rings. The summed E-state index contributed by atoms with van der Waals surface area (Å²) in [5.74, 6) is 0.552. The molecule has 0 fully saturated rings. The highest BCUT2D eigenvalue weighted by Crippen LogP contribution is 1.96. The Balaban J connectivity index is 2.64. The molecule has 0 saturated carbocycles. The summed E-state index contributed by atoms with van der Waals surface area (Å²) in [5.41, 5.74) is 5.26. The molecule has 2 amide bonds. The third-order valence-corrected chi connectivity index (χ3v) is 1.35. The molecule has 50 valence electrons. The summed E-state index contributed by atoms with van der Waals surface area (Å²) >= 11 is 5.39. The van der Waals surface area contributed by atoms with Gasteiger partial charge >= 0.3 is 6.03 Å². The van der Waals surface area contributed by atoms with Gasteiger partial charge in [0.2, 0.25) is 0 Å². The number of alkyl halides is 1. The van der Waals surface area contributed by atoms with E-state index in [-0.39, 0.29) is 17.8 Å². The van der Waals surface area contributed by atoms with Crippen LogP contribution in [0.25, 0.3) is 0 Å². The highest BCUT2D eigenvalue weighted by atomic mass is 35.5. The van der Waals surface area contributed by atoms with Gasteiger partial charge < -0.3 is 11.1 Å². The second-order valence-corrected chi connectivity index (χ2v) is 2.00. The number of nitrogens with one attached hydrogen (secondary N) is 1. The number of carbonyl (C=O) groups excluding carboxylic acids is 1. The van der Waals surface area contributed by atoms with E-state index in [1.165, 1.54) is 0 Å². The molecule has 0 bridgehead atoms. The summed E-state index contributed by atoms with van der Waals surface area (Å²) in [7, 11) is 0. The van der Waals surface area contributed by atoms with Crippen LogP contribution in [0.15, 0.2) is 4.99 Å². The van der Waals surface area contributed by atoms with Gasteiger partial charge in [-0.05, 0) is 0 Å². The Hall–Kier alpha value is -0.770. The van der Waals surface area contributed by atoms with Crippen LogP contribution in [0.4, 0.5) is 4.79 Å². The maximum Gasteiger partial charge on any atom is 0.343 e. The summed E-state index contributed by atoms with van der Waals surface area (Å²) in [6.07, 6.45) is 0. The molecule has 3 N–H and O–H groups in total. The molecule has 0 radical (unpaired) electrons. The van der Waals surface area contributed by atoms with Gasteiger partial charge in [-0.15, -0.1) is 11.6 Å². The van der Waals surface area contributed by atoms with Crippen molar-refractivity contribution in [3.8, 4) is 0 Å². The Labute approximate surface area is 57.1 Å². The number of carbonyl (C=O) groups is 1. The van der Waals surface area contributed by atoms with Crippen LogP contribution in [0.3, 0.4) is 0 Å². The van der Waals surface area contributed by atoms with Crippen LogP contribution in [0, 0.1) is 0 Å². The van der Waals surface area contributed by atoms with E-state index >= 15 is 0 Å². The van der Waals surface area contributed by atoms with E-state index in [0.717, 1.165) is 0 Å². The first-order chi connectivity index (χ1) is 4.24. The van der Waals surface area contributed by atoms with Gasteiger partial charge in [-0.2, -0.15) is 4.99 Å². The highest BCUT2D eigenvalue weighted by Gasteiger charge is 2.21. The standard InChI is InChI=1S/C4H6ClN3O/c5-1-2-3(6)8-4(9)7-2/h2H,1H2,(H3,6,7,8,9). The zero-order valence-electron chi connectivity index (χ0n) is 4.60. The zero-order chi connectivity index (χ0) is 6.85. The molecule has 1 rings (SSSR count). The van der Waals surface area contributed by atoms with Gasteiger partial charge in [-0.3, -0.25) is 0 Å². The van der Waals surface area contributed by atoms with Crippen molar-refractivity contribution in [2.45, 2.75) is 6.04 Å². The highest BCUT2D eigenvalue weighted by molar-refractivity contribution is 6.21. The van der Waals surface area contributed by atoms with Gasteiger partial charge in [0.1, 0.15) is 11.9 Å². The van der Waals surface area contributed by atoms with Gasteiger partial charge in [-0.1, -0.05) is 0 Å². The van der Waals surface area contributed by atoms with Gasteiger partial charge in [0.25, 0.3) is 0 Å². The molecule has 1 heterocycles. The summed E-state index contributed by atoms with van der Waals surface area (Å²) < 4.78 is 0. The van der Waals surface area contributed by atoms with Crippen molar-refractivity contribution in [3.05, 3.63) is 0 Å². The Bertz CT molecular complexity index is 167. The largest absolute Gasteiger partial charge is 0.385 e. The summed E-state index contributed by atoms with van der Waals surface area (Å²) in [6, 6.07) is -0.669. The Kier molecular flexibility index (Phi) is 1.57. The summed E-state index contributed by atoms with van der Waals surface area (Å²) in [6.45, 7) is 0. The van der Waals surface area contributed by atoms with E-state index in [4.69, 9.17) is 17.3 Å². The second kappa shape index (κ2) is 2.23. The van der Waals surface area contributed by atoms with E-state index in [0.29, 0.717) is 0 Å². The van der Waals surface area contributed by atoms with Gasteiger partial charge in [0, 0.05) is 5.88 Å².